The lowest BCUT2D eigenvalue weighted by Crippen LogP contribution is -2.16. The molecule has 56 valence electrons. The van der Waals surface area contributed by atoms with Crippen LogP contribution >= 0.6 is 0 Å². The summed E-state index contributed by atoms with van der Waals surface area (Å²) in [6, 6.07) is 6.18. The first-order valence-corrected chi connectivity index (χ1v) is 5.09. The molecule has 0 saturated heterocycles. The van der Waals surface area contributed by atoms with E-state index in [0.29, 0.717) is 0 Å². The first-order chi connectivity index (χ1) is 5.25. The number of nitriles is 1. The third-order valence-corrected chi connectivity index (χ3v) is 3.29. The fourth-order valence-corrected chi connectivity index (χ4v) is 2.06. The average molecular weight is 161 g/mol. The van der Waals surface area contributed by atoms with Gasteiger partial charge in [-0.15, -0.1) is 0 Å². The lowest BCUT2D eigenvalue weighted by Gasteiger charge is -2.02. The Labute approximate surface area is 69.5 Å². The Bertz CT molecular complexity index is 299. The van der Waals surface area contributed by atoms with Crippen molar-refractivity contribution in [2.45, 2.75) is 13.8 Å². The highest BCUT2D eigenvalue weighted by Crippen LogP contribution is 2.01. The molecule has 0 amide bonds. The largest absolute Gasteiger partial charge is 0.207 e. The van der Waals surface area contributed by atoms with Crippen LogP contribution in [0.15, 0.2) is 18.2 Å². The monoisotopic (exact) mass is 161 g/mol. The quantitative estimate of drug-likeness (QED) is 0.553. The second-order valence-corrected chi connectivity index (χ2v) is 4.13. The van der Waals surface area contributed by atoms with Crippen LogP contribution in [0, 0.1) is 24.8 Å². The van der Waals surface area contributed by atoms with Crippen molar-refractivity contribution < 1.29 is 0 Å². The van der Waals surface area contributed by atoms with Crippen LogP contribution in [-0.4, -0.2) is 9.52 Å². The molecule has 0 radical (unpaired) electrons. The van der Waals surface area contributed by atoms with Gasteiger partial charge in [0.25, 0.3) is 0 Å². The van der Waals surface area contributed by atoms with Crippen molar-refractivity contribution in [1.82, 2.24) is 0 Å². The van der Waals surface area contributed by atoms with Crippen LogP contribution in [-0.2, 0) is 0 Å². The fraction of sp³-hybridized carbons (Fsp3) is 0.222. The van der Waals surface area contributed by atoms with E-state index < -0.39 is 9.52 Å². The number of hydrogen-bond donors (Lipinski definition) is 0. The summed E-state index contributed by atoms with van der Waals surface area (Å²) in [5.74, 6) is 0. The molecule has 0 unspecified atom stereocenters. The van der Waals surface area contributed by atoms with Gasteiger partial charge in [0.05, 0.1) is 0 Å². The molecular weight excluding hydrogens is 150 g/mol. The van der Waals surface area contributed by atoms with Gasteiger partial charge in [0.1, 0.15) is 0 Å². The van der Waals surface area contributed by atoms with E-state index in [9.17, 15) is 0 Å². The third-order valence-electron chi connectivity index (χ3n) is 1.99. The van der Waals surface area contributed by atoms with Gasteiger partial charge in [-0.2, -0.15) is 0 Å². The summed E-state index contributed by atoms with van der Waals surface area (Å²) < 4.78 is 0. The van der Waals surface area contributed by atoms with Gasteiger partial charge in [0.15, 0.2) is 9.52 Å². The minimum Gasteiger partial charge on any atom is -0.207 e. The highest BCUT2D eigenvalue weighted by atomic mass is 28.2. The van der Waals surface area contributed by atoms with Crippen LogP contribution in [0.1, 0.15) is 11.1 Å². The SMILES string of the molecule is Cc1cccc([SiH2]C#N)c1C. The summed E-state index contributed by atoms with van der Waals surface area (Å²) in [5, 5.41) is 9.83. The van der Waals surface area contributed by atoms with Crippen LogP contribution in [0.25, 0.3) is 0 Å². The zero-order valence-electron chi connectivity index (χ0n) is 6.89. The van der Waals surface area contributed by atoms with Gasteiger partial charge in [-0.1, -0.05) is 18.2 Å². The number of nitrogens with zero attached hydrogens (tertiary/aromatic N) is 1. The number of benzene rings is 1. The minimum absolute atomic E-state index is 0.646. The van der Waals surface area contributed by atoms with Crippen LogP contribution in [0.4, 0.5) is 0 Å². The van der Waals surface area contributed by atoms with E-state index in [-0.39, 0.29) is 0 Å². The van der Waals surface area contributed by atoms with E-state index in [4.69, 9.17) is 5.26 Å². The Balaban J connectivity index is 3.08. The van der Waals surface area contributed by atoms with E-state index in [1.165, 1.54) is 16.3 Å². The maximum absolute atomic E-state index is 8.55. The predicted octanol–water partition coefficient (Wildman–Crippen LogP) is 0.579. The van der Waals surface area contributed by atoms with Crippen LogP contribution < -0.4 is 5.19 Å². The number of aryl methyl sites for hydroxylation is 1. The first-order valence-electron chi connectivity index (χ1n) is 3.67. The summed E-state index contributed by atoms with van der Waals surface area (Å²) in [6.45, 7) is 4.18. The lowest BCUT2D eigenvalue weighted by molar-refractivity contribution is 1.37. The average Bonchev–Trinajstić information content (AvgIpc) is 1.99. The van der Waals surface area contributed by atoms with Crippen molar-refractivity contribution in [2.75, 3.05) is 0 Å². The summed E-state index contributed by atoms with van der Waals surface area (Å²) >= 11 is 0. The molecule has 0 aliphatic carbocycles. The van der Waals surface area contributed by atoms with Gasteiger partial charge in [-0.25, -0.2) is 5.26 Å². The van der Waals surface area contributed by atoms with E-state index in [0.717, 1.165) is 0 Å². The smallest absolute Gasteiger partial charge is 0.173 e. The number of rotatable bonds is 1. The minimum atomic E-state index is -0.646. The molecule has 1 nitrogen and oxygen atoms in total. The highest BCUT2D eigenvalue weighted by molar-refractivity contribution is 6.61. The topological polar surface area (TPSA) is 23.8 Å². The zero-order valence-corrected chi connectivity index (χ0v) is 8.30. The van der Waals surface area contributed by atoms with Crippen molar-refractivity contribution in [1.29, 1.82) is 5.26 Å². The standard InChI is InChI=1S/C9H11NSi/c1-7-4-3-5-9(8(7)2)11-6-10/h3-5H,11H2,1-2H3. The zero-order chi connectivity index (χ0) is 8.27. The molecule has 0 N–H and O–H groups in total. The van der Waals surface area contributed by atoms with Crippen molar-refractivity contribution in [3.8, 4) is 5.69 Å². The van der Waals surface area contributed by atoms with Gasteiger partial charge in [0.2, 0.25) is 0 Å². The van der Waals surface area contributed by atoms with E-state index >= 15 is 0 Å². The maximum atomic E-state index is 8.55. The van der Waals surface area contributed by atoms with Crippen molar-refractivity contribution in [3.05, 3.63) is 29.3 Å². The molecule has 1 aromatic rings. The fourth-order valence-electron chi connectivity index (χ4n) is 1.09. The van der Waals surface area contributed by atoms with Gasteiger partial charge in [-0.05, 0) is 30.2 Å². The molecule has 2 heteroatoms. The van der Waals surface area contributed by atoms with E-state index in [2.05, 4.69) is 31.7 Å². The molecule has 0 atom stereocenters. The Morgan fingerprint density at radius 3 is 2.73 bits per heavy atom. The van der Waals surface area contributed by atoms with Crippen LogP contribution in [0.2, 0.25) is 0 Å². The van der Waals surface area contributed by atoms with Gasteiger partial charge in [-0.3, -0.25) is 0 Å². The second-order valence-electron chi connectivity index (χ2n) is 2.69. The maximum Gasteiger partial charge on any atom is 0.173 e. The molecule has 0 aliphatic rings. The van der Waals surface area contributed by atoms with Gasteiger partial charge >= 0.3 is 0 Å². The molecule has 0 heterocycles. The molecule has 11 heavy (non-hydrogen) atoms. The summed E-state index contributed by atoms with van der Waals surface area (Å²) in [5.41, 5.74) is 4.89. The Morgan fingerprint density at radius 2 is 2.09 bits per heavy atom. The molecule has 0 bridgehead atoms. The molecule has 1 rings (SSSR count). The molecule has 0 aromatic heterocycles. The van der Waals surface area contributed by atoms with E-state index in [1.54, 1.807) is 0 Å². The van der Waals surface area contributed by atoms with Gasteiger partial charge < -0.3 is 0 Å². The summed E-state index contributed by atoms with van der Waals surface area (Å²) in [6.07, 6.45) is 0. The second kappa shape index (κ2) is 3.36. The summed E-state index contributed by atoms with van der Waals surface area (Å²) in [7, 11) is -0.646. The summed E-state index contributed by atoms with van der Waals surface area (Å²) in [4.78, 5) is 0. The van der Waals surface area contributed by atoms with Crippen LogP contribution in [0.3, 0.4) is 0 Å². The highest BCUT2D eigenvalue weighted by Gasteiger charge is 1.98. The first kappa shape index (κ1) is 8.03. The van der Waals surface area contributed by atoms with Gasteiger partial charge in [0, 0.05) is 5.69 Å². The third kappa shape index (κ3) is 1.69. The van der Waals surface area contributed by atoms with E-state index in [1.807, 2.05) is 6.07 Å². The number of hydrogen-bond acceptors (Lipinski definition) is 1. The van der Waals surface area contributed by atoms with Crippen molar-refractivity contribution in [3.63, 3.8) is 0 Å². The molecule has 0 aliphatic heterocycles. The Hall–Kier alpha value is -1.07. The molecule has 0 spiro atoms. The lowest BCUT2D eigenvalue weighted by atomic mass is 10.1. The molecular formula is C9H11NSi. The van der Waals surface area contributed by atoms with Crippen molar-refractivity contribution in [2.24, 2.45) is 0 Å². The molecule has 0 saturated carbocycles. The Kier molecular flexibility index (Phi) is 2.45. The Morgan fingerprint density at radius 1 is 1.36 bits per heavy atom. The molecule has 1 aromatic carbocycles. The van der Waals surface area contributed by atoms with Crippen LogP contribution in [0.5, 0.6) is 0 Å². The van der Waals surface area contributed by atoms with Crippen molar-refractivity contribution >= 4 is 14.7 Å². The normalized spacial score (nSPS) is 10.3. The molecule has 0 fully saturated rings. The predicted molar refractivity (Wildman–Crippen MR) is 49.7 cm³/mol.